The fraction of sp³-hybridized carbons (Fsp3) is 0.263. The number of benzene rings is 1. The number of halogens is 3. The van der Waals surface area contributed by atoms with E-state index in [1.807, 2.05) is 0 Å². The highest BCUT2D eigenvalue weighted by Crippen LogP contribution is 2.34. The van der Waals surface area contributed by atoms with Crippen molar-refractivity contribution in [2.75, 3.05) is 19.5 Å². The third-order valence-electron chi connectivity index (χ3n) is 4.19. The topological polar surface area (TPSA) is 65.4 Å². The Labute approximate surface area is 158 Å². The van der Waals surface area contributed by atoms with Crippen molar-refractivity contribution in [1.82, 2.24) is 9.55 Å². The van der Waals surface area contributed by atoms with Crippen molar-refractivity contribution >= 4 is 22.6 Å². The van der Waals surface area contributed by atoms with E-state index in [0.29, 0.717) is 22.6 Å². The maximum absolute atomic E-state index is 13.4. The van der Waals surface area contributed by atoms with Crippen molar-refractivity contribution in [3.05, 3.63) is 48.3 Å². The van der Waals surface area contributed by atoms with Gasteiger partial charge in [-0.25, -0.2) is 4.98 Å². The summed E-state index contributed by atoms with van der Waals surface area (Å²) in [6.45, 7) is -0.173. The zero-order valence-electron chi connectivity index (χ0n) is 15.2. The molecule has 0 aliphatic rings. The number of carbonyl (C=O) groups is 1. The van der Waals surface area contributed by atoms with Gasteiger partial charge in [-0.15, -0.1) is 0 Å². The maximum Gasteiger partial charge on any atom is 0.431 e. The lowest BCUT2D eigenvalue weighted by molar-refractivity contribution is -0.143. The minimum Gasteiger partial charge on any atom is -0.497 e. The molecule has 1 amide bonds. The van der Waals surface area contributed by atoms with Crippen molar-refractivity contribution in [3.8, 4) is 11.5 Å². The van der Waals surface area contributed by atoms with Crippen LogP contribution in [0.15, 0.2) is 42.6 Å². The number of amides is 1. The summed E-state index contributed by atoms with van der Waals surface area (Å²) in [5, 5.41) is 3.01. The first-order chi connectivity index (χ1) is 13.3. The summed E-state index contributed by atoms with van der Waals surface area (Å²) < 4.78 is 51.4. The second-order valence-corrected chi connectivity index (χ2v) is 5.96. The number of nitrogens with zero attached hydrogens (tertiary/aromatic N) is 2. The van der Waals surface area contributed by atoms with Crippen LogP contribution >= 0.6 is 0 Å². The van der Waals surface area contributed by atoms with Gasteiger partial charge >= 0.3 is 6.18 Å². The van der Waals surface area contributed by atoms with E-state index < -0.39 is 17.8 Å². The van der Waals surface area contributed by atoms with Crippen LogP contribution < -0.4 is 14.8 Å². The zero-order valence-corrected chi connectivity index (χ0v) is 15.2. The Morgan fingerprint density at radius 3 is 2.64 bits per heavy atom. The summed E-state index contributed by atoms with van der Waals surface area (Å²) >= 11 is 0. The molecule has 0 saturated carbocycles. The van der Waals surface area contributed by atoms with Crippen LogP contribution in [0.3, 0.4) is 0 Å². The van der Waals surface area contributed by atoms with Crippen LogP contribution in [-0.4, -0.2) is 29.7 Å². The fourth-order valence-corrected chi connectivity index (χ4v) is 2.89. The molecule has 0 unspecified atom stereocenters. The molecule has 6 nitrogen and oxygen atoms in total. The van der Waals surface area contributed by atoms with Gasteiger partial charge in [-0.1, -0.05) is 0 Å². The molecule has 0 spiro atoms. The number of alkyl halides is 3. The average molecular weight is 393 g/mol. The molecule has 0 aliphatic heterocycles. The molecule has 9 heteroatoms. The summed E-state index contributed by atoms with van der Waals surface area (Å²) in [7, 11) is 2.93. The van der Waals surface area contributed by atoms with E-state index in [9.17, 15) is 18.0 Å². The Bertz CT molecular complexity index is 999. The van der Waals surface area contributed by atoms with Crippen LogP contribution in [0.5, 0.6) is 11.5 Å². The number of aromatic nitrogens is 2. The van der Waals surface area contributed by atoms with Crippen LogP contribution in [0.25, 0.3) is 11.0 Å². The molecule has 2 aromatic heterocycles. The minimum atomic E-state index is -4.55. The number of rotatable bonds is 6. The highest BCUT2D eigenvalue weighted by atomic mass is 19.4. The van der Waals surface area contributed by atoms with Gasteiger partial charge < -0.3 is 19.4 Å². The number of ether oxygens (including phenoxy) is 2. The quantitative estimate of drug-likeness (QED) is 0.685. The second kappa shape index (κ2) is 7.79. The smallest absolute Gasteiger partial charge is 0.431 e. The summed E-state index contributed by atoms with van der Waals surface area (Å²) in [6, 6.07) is 9.01. The van der Waals surface area contributed by atoms with E-state index in [-0.39, 0.29) is 18.6 Å². The first-order valence-electron chi connectivity index (χ1n) is 8.37. The van der Waals surface area contributed by atoms with Crippen molar-refractivity contribution in [1.29, 1.82) is 0 Å². The van der Waals surface area contributed by atoms with Crippen molar-refractivity contribution < 1.29 is 27.4 Å². The van der Waals surface area contributed by atoms with Gasteiger partial charge in [0.15, 0.2) is 0 Å². The van der Waals surface area contributed by atoms with E-state index in [0.717, 1.165) is 10.6 Å². The first kappa shape index (κ1) is 19.5. The van der Waals surface area contributed by atoms with E-state index in [1.165, 1.54) is 20.4 Å². The first-order valence-corrected chi connectivity index (χ1v) is 8.37. The largest absolute Gasteiger partial charge is 0.497 e. The number of pyridine rings is 1. The molecular formula is C19H18F3N3O3. The van der Waals surface area contributed by atoms with Gasteiger partial charge in [-0.2, -0.15) is 13.2 Å². The van der Waals surface area contributed by atoms with Gasteiger partial charge in [0.2, 0.25) is 5.91 Å². The van der Waals surface area contributed by atoms with Gasteiger partial charge in [0, 0.05) is 30.6 Å². The van der Waals surface area contributed by atoms with Crippen molar-refractivity contribution in [2.24, 2.45) is 0 Å². The molecule has 0 bridgehead atoms. The standard InChI is InChI=1S/C19H18F3N3O3/c1-27-13-5-6-15(28-2)14(11-13)24-17(26)7-9-25-16(19(20,21)22)10-12-4-3-8-23-18(12)25/h3-6,8,10-11H,7,9H2,1-2H3,(H,24,26). The van der Waals surface area contributed by atoms with Gasteiger partial charge in [-0.3, -0.25) is 4.79 Å². The number of anilines is 1. The molecule has 1 N–H and O–H groups in total. The van der Waals surface area contributed by atoms with Crippen LogP contribution in [-0.2, 0) is 17.5 Å². The summed E-state index contributed by atoms with van der Waals surface area (Å²) in [5.74, 6) is 0.465. The Balaban J connectivity index is 1.80. The molecule has 3 rings (SSSR count). The highest BCUT2D eigenvalue weighted by Gasteiger charge is 2.35. The molecule has 2 heterocycles. The Kier molecular flexibility index (Phi) is 5.43. The molecule has 0 radical (unpaired) electrons. The fourth-order valence-electron chi connectivity index (χ4n) is 2.89. The SMILES string of the molecule is COc1ccc(OC)c(NC(=O)CCn2c(C(F)(F)F)cc3cccnc32)c1. The Morgan fingerprint density at radius 2 is 1.96 bits per heavy atom. The van der Waals surface area contributed by atoms with Crippen molar-refractivity contribution in [3.63, 3.8) is 0 Å². The van der Waals surface area contributed by atoms with Gasteiger partial charge in [0.05, 0.1) is 19.9 Å². The highest BCUT2D eigenvalue weighted by molar-refractivity contribution is 5.92. The number of methoxy groups -OCH3 is 2. The average Bonchev–Trinajstić information content (AvgIpc) is 3.05. The lowest BCUT2D eigenvalue weighted by Gasteiger charge is -2.14. The van der Waals surface area contributed by atoms with Crippen LogP contribution in [0.2, 0.25) is 0 Å². The van der Waals surface area contributed by atoms with Crippen LogP contribution in [0.4, 0.5) is 18.9 Å². The maximum atomic E-state index is 13.4. The van der Waals surface area contributed by atoms with Gasteiger partial charge in [-0.05, 0) is 30.3 Å². The molecule has 0 aliphatic carbocycles. The number of aryl methyl sites for hydroxylation is 1. The molecular weight excluding hydrogens is 375 g/mol. The van der Waals surface area contributed by atoms with E-state index in [1.54, 1.807) is 30.3 Å². The van der Waals surface area contributed by atoms with E-state index in [4.69, 9.17) is 9.47 Å². The monoisotopic (exact) mass is 393 g/mol. The van der Waals surface area contributed by atoms with Crippen molar-refractivity contribution in [2.45, 2.75) is 19.1 Å². The Morgan fingerprint density at radius 1 is 1.18 bits per heavy atom. The number of nitrogens with one attached hydrogen (secondary N) is 1. The number of carbonyl (C=O) groups excluding carboxylic acids is 1. The lowest BCUT2D eigenvalue weighted by Crippen LogP contribution is -2.19. The Hall–Kier alpha value is -3.23. The van der Waals surface area contributed by atoms with Gasteiger partial charge in [0.25, 0.3) is 0 Å². The summed E-state index contributed by atoms with van der Waals surface area (Å²) in [6.07, 6.45) is -3.31. The summed E-state index contributed by atoms with van der Waals surface area (Å²) in [4.78, 5) is 16.4. The molecule has 28 heavy (non-hydrogen) atoms. The van der Waals surface area contributed by atoms with Gasteiger partial charge in [0.1, 0.15) is 22.8 Å². The molecule has 0 saturated heterocycles. The van der Waals surface area contributed by atoms with Crippen LogP contribution in [0.1, 0.15) is 12.1 Å². The normalized spacial score (nSPS) is 11.5. The number of fused-ring (bicyclic) bond motifs is 1. The van der Waals surface area contributed by atoms with E-state index >= 15 is 0 Å². The summed E-state index contributed by atoms with van der Waals surface area (Å²) in [5.41, 5.74) is -0.284. The van der Waals surface area contributed by atoms with Crippen LogP contribution in [0, 0.1) is 0 Å². The predicted molar refractivity (Wildman–Crippen MR) is 97.5 cm³/mol. The molecule has 148 valence electrons. The number of hydrogen-bond acceptors (Lipinski definition) is 4. The van der Waals surface area contributed by atoms with E-state index in [2.05, 4.69) is 10.3 Å². The zero-order chi connectivity index (χ0) is 20.3. The third-order valence-corrected chi connectivity index (χ3v) is 4.19. The minimum absolute atomic E-state index is 0.173. The second-order valence-electron chi connectivity index (χ2n) is 5.96. The number of hydrogen-bond donors (Lipinski definition) is 1. The molecule has 0 atom stereocenters. The molecule has 1 aromatic carbocycles. The predicted octanol–water partition coefficient (Wildman–Crippen LogP) is 4.10. The molecule has 0 fully saturated rings. The molecule has 3 aromatic rings. The lowest BCUT2D eigenvalue weighted by atomic mass is 10.2. The third kappa shape index (κ3) is 4.03.